The van der Waals surface area contributed by atoms with E-state index in [1.54, 1.807) is 0 Å². The van der Waals surface area contributed by atoms with Crippen molar-refractivity contribution in [1.82, 2.24) is 29.9 Å². The van der Waals surface area contributed by atoms with Gasteiger partial charge in [0.15, 0.2) is 23.3 Å². The van der Waals surface area contributed by atoms with Crippen LogP contribution in [-0.4, -0.2) is 29.9 Å². The van der Waals surface area contributed by atoms with Crippen LogP contribution in [0.1, 0.15) is 5.56 Å². The molecule has 0 aliphatic carbocycles. The van der Waals surface area contributed by atoms with Crippen LogP contribution < -0.4 is 4.90 Å². The molecule has 0 saturated carbocycles. The Hall–Kier alpha value is -5.60. The van der Waals surface area contributed by atoms with Gasteiger partial charge >= 0.3 is 0 Å². The van der Waals surface area contributed by atoms with Crippen molar-refractivity contribution in [2.45, 2.75) is 6.92 Å². The highest BCUT2D eigenvalue weighted by molar-refractivity contribution is 9.10. The molecule has 0 unspecified atom stereocenters. The zero-order valence-corrected chi connectivity index (χ0v) is 25.9. The predicted octanol–water partition coefficient (Wildman–Crippen LogP) is 9.27. The highest BCUT2D eigenvalue weighted by Gasteiger charge is 2.24. The maximum Gasteiger partial charge on any atom is 0.241 e. The number of hydrogen-bond donors (Lipinski definition) is 0. The summed E-state index contributed by atoms with van der Waals surface area (Å²) in [5, 5.41) is 0. The number of hydrogen-bond acceptors (Lipinski definition) is 7. The quantitative estimate of drug-likeness (QED) is 0.170. The minimum absolute atomic E-state index is 0.377. The third-order valence-electron chi connectivity index (χ3n) is 7.19. The second-order valence-electron chi connectivity index (χ2n) is 10.3. The first kappa shape index (κ1) is 28.2. The molecule has 0 saturated heterocycles. The molecule has 0 atom stereocenters. The Balaban J connectivity index is 1.51. The molecule has 2 aromatic heterocycles. The van der Waals surface area contributed by atoms with E-state index in [-0.39, 0.29) is 0 Å². The van der Waals surface area contributed by atoms with Gasteiger partial charge in [0.2, 0.25) is 11.9 Å². The summed E-state index contributed by atoms with van der Waals surface area (Å²) in [5.41, 5.74) is 5.35. The molecule has 2 heterocycles. The van der Waals surface area contributed by atoms with Crippen molar-refractivity contribution < 1.29 is 0 Å². The summed E-state index contributed by atoms with van der Waals surface area (Å²) < 4.78 is 0.936. The lowest BCUT2D eigenvalue weighted by atomic mass is 10.2. The fraction of sp³-hybridized carbons (Fsp3) is 0.0270. The van der Waals surface area contributed by atoms with Gasteiger partial charge in [0, 0.05) is 26.7 Å². The van der Waals surface area contributed by atoms with Gasteiger partial charge in [-0.25, -0.2) is 14.9 Å². The fourth-order valence-corrected chi connectivity index (χ4v) is 5.20. The molecule has 45 heavy (non-hydrogen) atoms. The van der Waals surface area contributed by atoms with E-state index < -0.39 is 0 Å². The maximum absolute atomic E-state index is 5.03. The SMILES string of the molecule is Cc1ccc(N(c2nc(-c3ccccc3)nc(-c3ccccc3)n2)c2nc(-c3ccccc3)nc(-c3ccccc3)n2)cc1Br. The molecule has 5 aromatic carbocycles. The Morgan fingerprint density at radius 1 is 0.422 bits per heavy atom. The van der Waals surface area contributed by atoms with Gasteiger partial charge in [-0.1, -0.05) is 143 Å². The Bertz CT molecular complexity index is 1830. The van der Waals surface area contributed by atoms with Gasteiger partial charge in [-0.2, -0.15) is 19.9 Å². The van der Waals surface area contributed by atoms with E-state index >= 15 is 0 Å². The fourth-order valence-electron chi connectivity index (χ4n) is 4.84. The number of rotatable bonds is 7. The highest BCUT2D eigenvalue weighted by atomic mass is 79.9. The van der Waals surface area contributed by atoms with Gasteiger partial charge in [0.05, 0.1) is 5.69 Å². The number of aryl methyl sites for hydroxylation is 1. The number of benzene rings is 5. The molecule has 216 valence electrons. The van der Waals surface area contributed by atoms with Crippen LogP contribution in [0.4, 0.5) is 17.6 Å². The molecular formula is C37H26BrN7. The molecule has 0 aliphatic heterocycles. The van der Waals surface area contributed by atoms with Gasteiger partial charge in [0.1, 0.15) is 0 Å². The van der Waals surface area contributed by atoms with Gasteiger partial charge < -0.3 is 0 Å². The summed E-state index contributed by atoms with van der Waals surface area (Å²) in [6.45, 7) is 2.05. The monoisotopic (exact) mass is 647 g/mol. The first-order valence-corrected chi connectivity index (χ1v) is 15.2. The van der Waals surface area contributed by atoms with Gasteiger partial charge in [-0.3, -0.25) is 0 Å². The van der Waals surface area contributed by atoms with E-state index in [0.717, 1.165) is 38.0 Å². The first-order valence-electron chi connectivity index (χ1n) is 14.4. The molecule has 8 heteroatoms. The van der Waals surface area contributed by atoms with Crippen LogP contribution in [-0.2, 0) is 0 Å². The normalized spacial score (nSPS) is 10.9. The predicted molar refractivity (Wildman–Crippen MR) is 182 cm³/mol. The lowest BCUT2D eigenvalue weighted by Crippen LogP contribution is -2.19. The lowest BCUT2D eigenvalue weighted by molar-refractivity contribution is 0.963. The first-order chi connectivity index (χ1) is 22.1. The average molecular weight is 649 g/mol. The minimum atomic E-state index is 0.377. The Labute approximate surface area is 269 Å². The summed E-state index contributed by atoms with van der Waals surface area (Å²) in [6, 6.07) is 45.7. The Morgan fingerprint density at radius 3 is 1.07 bits per heavy atom. The van der Waals surface area contributed by atoms with Gasteiger partial charge in [-0.05, 0) is 24.6 Å². The standard InChI is InChI=1S/C37H26BrN7/c1-25-22-23-30(24-31(25)38)45(36-41-32(26-14-6-2-7-15-26)39-33(42-36)27-16-8-3-9-17-27)37-43-34(28-18-10-4-11-19-28)40-35(44-37)29-20-12-5-13-21-29/h2-24H,1H3. The molecule has 0 amide bonds. The Morgan fingerprint density at radius 2 is 0.756 bits per heavy atom. The largest absolute Gasteiger partial charge is 0.246 e. The second kappa shape index (κ2) is 12.6. The van der Waals surface area contributed by atoms with Crippen LogP contribution in [0.5, 0.6) is 0 Å². The summed E-state index contributed by atoms with van der Waals surface area (Å²) >= 11 is 3.73. The molecular weight excluding hydrogens is 622 g/mol. The molecule has 0 radical (unpaired) electrons. The number of aromatic nitrogens is 6. The van der Waals surface area contributed by atoms with Crippen LogP contribution in [0.3, 0.4) is 0 Å². The molecule has 0 aliphatic rings. The van der Waals surface area contributed by atoms with Crippen LogP contribution >= 0.6 is 15.9 Å². The minimum Gasteiger partial charge on any atom is -0.246 e. The Kier molecular flexibility index (Phi) is 7.87. The van der Waals surface area contributed by atoms with Crippen LogP contribution in [0.15, 0.2) is 144 Å². The molecule has 7 nitrogen and oxygen atoms in total. The summed E-state index contributed by atoms with van der Waals surface area (Å²) in [4.78, 5) is 31.8. The third-order valence-corrected chi connectivity index (χ3v) is 8.04. The average Bonchev–Trinajstić information content (AvgIpc) is 3.11. The van der Waals surface area contributed by atoms with Crippen molar-refractivity contribution in [3.63, 3.8) is 0 Å². The van der Waals surface area contributed by atoms with E-state index in [2.05, 4.69) is 15.9 Å². The van der Waals surface area contributed by atoms with Crippen molar-refractivity contribution in [3.05, 3.63) is 150 Å². The van der Waals surface area contributed by atoms with E-state index in [0.29, 0.717) is 35.2 Å². The summed E-state index contributed by atoms with van der Waals surface area (Å²) in [5.74, 6) is 2.91. The number of anilines is 3. The molecule has 0 fully saturated rings. The molecule has 0 spiro atoms. The zero-order chi connectivity index (χ0) is 30.6. The highest BCUT2D eigenvalue weighted by Crippen LogP contribution is 2.36. The van der Waals surface area contributed by atoms with E-state index in [1.807, 2.05) is 151 Å². The van der Waals surface area contributed by atoms with E-state index in [4.69, 9.17) is 29.9 Å². The molecule has 7 rings (SSSR count). The van der Waals surface area contributed by atoms with Crippen molar-refractivity contribution in [2.75, 3.05) is 4.90 Å². The summed E-state index contributed by atoms with van der Waals surface area (Å²) in [6.07, 6.45) is 0. The van der Waals surface area contributed by atoms with Gasteiger partial charge in [-0.15, -0.1) is 0 Å². The van der Waals surface area contributed by atoms with Gasteiger partial charge in [0.25, 0.3) is 0 Å². The molecule has 0 N–H and O–H groups in total. The third kappa shape index (κ3) is 6.09. The number of halogens is 1. The van der Waals surface area contributed by atoms with Crippen LogP contribution in [0.2, 0.25) is 0 Å². The van der Waals surface area contributed by atoms with E-state index in [9.17, 15) is 0 Å². The van der Waals surface area contributed by atoms with Crippen molar-refractivity contribution in [2.24, 2.45) is 0 Å². The second-order valence-corrected chi connectivity index (χ2v) is 11.2. The lowest BCUT2D eigenvalue weighted by Gasteiger charge is -2.23. The summed E-state index contributed by atoms with van der Waals surface area (Å²) in [7, 11) is 0. The van der Waals surface area contributed by atoms with Crippen molar-refractivity contribution in [1.29, 1.82) is 0 Å². The van der Waals surface area contributed by atoms with Crippen molar-refractivity contribution in [3.8, 4) is 45.6 Å². The van der Waals surface area contributed by atoms with Crippen molar-refractivity contribution >= 4 is 33.5 Å². The topological polar surface area (TPSA) is 80.6 Å². The zero-order valence-electron chi connectivity index (χ0n) is 24.3. The van der Waals surface area contributed by atoms with E-state index in [1.165, 1.54) is 0 Å². The smallest absolute Gasteiger partial charge is 0.241 e. The number of nitrogens with zero attached hydrogens (tertiary/aromatic N) is 7. The maximum atomic E-state index is 5.03. The molecule has 0 bridgehead atoms. The molecule has 7 aromatic rings. The van der Waals surface area contributed by atoms with Crippen LogP contribution in [0, 0.1) is 6.92 Å². The van der Waals surface area contributed by atoms with Crippen LogP contribution in [0.25, 0.3) is 45.6 Å².